The van der Waals surface area contributed by atoms with Crippen molar-refractivity contribution in [3.05, 3.63) is 57.0 Å². The number of rotatable bonds is 1. The standard InChI is InChI=1S/C14H7BrFN3S/c15-10-5-12-13(6-11(10)16)19(14(20)18-12)9-3-1-2-8(4-9)7-17/h1-6H,(H,18,20). The molecule has 0 aliphatic heterocycles. The van der Waals surface area contributed by atoms with E-state index >= 15 is 0 Å². The molecular formula is C14H7BrFN3S. The first-order valence-electron chi connectivity index (χ1n) is 5.70. The average Bonchev–Trinajstić information content (AvgIpc) is 2.74. The molecule has 0 saturated carbocycles. The van der Waals surface area contributed by atoms with Gasteiger partial charge in [-0.3, -0.25) is 4.57 Å². The molecule has 20 heavy (non-hydrogen) atoms. The number of hydrogen-bond donors (Lipinski definition) is 1. The third kappa shape index (κ3) is 2.05. The molecule has 2 aromatic carbocycles. The van der Waals surface area contributed by atoms with Crippen molar-refractivity contribution in [2.75, 3.05) is 0 Å². The van der Waals surface area contributed by atoms with Gasteiger partial charge < -0.3 is 4.98 Å². The molecule has 3 nitrogen and oxygen atoms in total. The second-order valence-corrected chi connectivity index (χ2v) is 5.45. The highest BCUT2D eigenvalue weighted by Crippen LogP contribution is 2.25. The van der Waals surface area contributed by atoms with Gasteiger partial charge in [-0.25, -0.2) is 4.39 Å². The Morgan fingerprint density at radius 3 is 2.85 bits per heavy atom. The van der Waals surface area contributed by atoms with Gasteiger partial charge in [-0.15, -0.1) is 0 Å². The molecule has 0 saturated heterocycles. The van der Waals surface area contributed by atoms with Crippen LogP contribution in [0.25, 0.3) is 16.7 Å². The van der Waals surface area contributed by atoms with Crippen molar-refractivity contribution in [1.82, 2.24) is 9.55 Å². The van der Waals surface area contributed by atoms with E-state index in [-0.39, 0.29) is 5.82 Å². The summed E-state index contributed by atoms with van der Waals surface area (Å²) >= 11 is 8.44. The van der Waals surface area contributed by atoms with E-state index in [4.69, 9.17) is 17.5 Å². The minimum atomic E-state index is -0.364. The first kappa shape index (κ1) is 13.0. The SMILES string of the molecule is N#Cc1cccc(-n2c(=S)[nH]c3cc(Br)c(F)cc32)c1. The maximum absolute atomic E-state index is 13.7. The molecular weight excluding hydrogens is 341 g/mol. The molecule has 0 fully saturated rings. The zero-order valence-corrected chi connectivity index (χ0v) is 12.4. The number of aromatic amines is 1. The maximum atomic E-state index is 13.7. The number of nitriles is 1. The second kappa shape index (κ2) is 4.85. The van der Waals surface area contributed by atoms with Crippen LogP contribution < -0.4 is 0 Å². The number of nitrogens with zero attached hydrogens (tertiary/aromatic N) is 2. The van der Waals surface area contributed by atoms with Gasteiger partial charge >= 0.3 is 0 Å². The fourth-order valence-corrected chi connectivity index (χ4v) is 2.73. The van der Waals surface area contributed by atoms with Crippen LogP contribution >= 0.6 is 28.1 Å². The number of H-pyrrole nitrogens is 1. The fourth-order valence-electron chi connectivity index (χ4n) is 2.07. The van der Waals surface area contributed by atoms with Crippen molar-refractivity contribution in [3.8, 4) is 11.8 Å². The summed E-state index contributed by atoms with van der Waals surface area (Å²) in [7, 11) is 0. The monoisotopic (exact) mass is 347 g/mol. The van der Waals surface area contributed by atoms with Crippen LogP contribution in [-0.4, -0.2) is 9.55 Å². The second-order valence-electron chi connectivity index (χ2n) is 4.21. The predicted molar refractivity (Wildman–Crippen MR) is 80.8 cm³/mol. The molecule has 98 valence electrons. The number of hydrogen-bond acceptors (Lipinski definition) is 2. The Bertz CT molecular complexity index is 920. The Kier molecular flexibility index (Phi) is 3.16. The minimum absolute atomic E-state index is 0.364. The molecule has 0 unspecified atom stereocenters. The zero-order valence-electron chi connectivity index (χ0n) is 10.0. The van der Waals surface area contributed by atoms with Crippen LogP contribution in [0.15, 0.2) is 40.9 Å². The number of aromatic nitrogens is 2. The third-order valence-corrected chi connectivity index (χ3v) is 3.85. The summed E-state index contributed by atoms with van der Waals surface area (Å²) in [6.45, 7) is 0. The van der Waals surface area contributed by atoms with E-state index in [0.29, 0.717) is 20.3 Å². The number of nitrogens with one attached hydrogen (secondary N) is 1. The molecule has 6 heteroatoms. The van der Waals surface area contributed by atoms with Crippen molar-refractivity contribution in [2.24, 2.45) is 0 Å². The molecule has 3 rings (SSSR count). The predicted octanol–water partition coefficient (Wildman–Crippen LogP) is 4.46. The topological polar surface area (TPSA) is 44.5 Å². The van der Waals surface area contributed by atoms with Crippen molar-refractivity contribution in [1.29, 1.82) is 5.26 Å². The normalized spacial score (nSPS) is 10.7. The summed E-state index contributed by atoms with van der Waals surface area (Å²) in [5.41, 5.74) is 2.61. The summed E-state index contributed by atoms with van der Waals surface area (Å²) in [5, 5.41) is 8.96. The summed E-state index contributed by atoms with van der Waals surface area (Å²) < 4.78 is 16.3. The molecule has 0 spiro atoms. The quantitative estimate of drug-likeness (QED) is 0.660. The molecule has 0 aliphatic rings. The van der Waals surface area contributed by atoms with E-state index in [9.17, 15) is 4.39 Å². The summed E-state index contributed by atoms with van der Waals surface area (Å²) in [4.78, 5) is 3.03. The molecule has 0 radical (unpaired) electrons. The van der Waals surface area contributed by atoms with Gasteiger partial charge in [-0.1, -0.05) is 6.07 Å². The number of benzene rings is 2. The minimum Gasteiger partial charge on any atom is -0.330 e. The largest absolute Gasteiger partial charge is 0.330 e. The van der Waals surface area contributed by atoms with Gasteiger partial charge in [0.05, 0.1) is 27.1 Å². The molecule has 0 aliphatic carbocycles. The van der Waals surface area contributed by atoms with E-state index in [1.807, 2.05) is 6.07 Å². The lowest BCUT2D eigenvalue weighted by molar-refractivity contribution is 0.622. The molecule has 0 amide bonds. The van der Waals surface area contributed by atoms with Crippen LogP contribution in [0.3, 0.4) is 0 Å². The van der Waals surface area contributed by atoms with Gasteiger partial charge in [-0.2, -0.15) is 5.26 Å². The van der Waals surface area contributed by atoms with E-state index in [1.54, 1.807) is 28.8 Å². The maximum Gasteiger partial charge on any atom is 0.182 e. The van der Waals surface area contributed by atoms with Gasteiger partial charge in [-0.05, 0) is 52.4 Å². The van der Waals surface area contributed by atoms with E-state index in [2.05, 4.69) is 27.0 Å². The summed E-state index contributed by atoms with van der Waals surface area (Å²) in [5.74, 6) is -0.364. The molecule has 1 heterocycles. The van der Waals surface area contributed by atoms with Crippen LogP contribution in [0.2, 0.25) is 0 Å². The highest BCUT2D eigenvalue weighted by atomic mass is 79.9. The van der Waals surface area contributed by atoms with Crippen LogP contribution in [0, 0.1) is 21.9 Å². The lowest BCUT2D eigenvalue weighted by atomic mass is 10.2. The van der Waals surface area contributed by atoms with Crippen molar-refractivity contribution < 1.29 is 4.39 Å². The molecule has 1 aromatic heterocycles. The Morgan fingerprint density at radius 2 is 2.10 bits per heavy atom. The smallest absolute Gasteiger partial charge is 0.182 e. The van der Waals surface area contributed by atoms with Crippen LogP contribution in [0.4, 0.5) is 4.39 Å². The number of fused-ring (bicyclic) bond motifs is 1. The Labute approximate surface area is 127 Å². The van der Waals surface area contributed by atoms with Crippen molar-refractivity contribution >= 4 is 39.2 Å². The van der Waals surface area contributed by atoms with Gasteiger partial charge in [0, 0.05) is 11.8 Å². The van der Waals surface area contributed by atoms with Crippen LogP contribution in [-0.2, 0) is 0 Å². The van der Waals surface area contributed by atoms with Gasteiger partial charge in [0.15, 0.2) is 4.77 Å². The Morgan fingerprint density at radius 1 is 1.30 bits per heavy atom. The molecule has 0 atom stereocenters. The molecule has 1 N–H and O–H groups in total. The van der Waals surface area contributed by atoms with E-state index in [0.717, 1.165) is 11.2 Å². The molecule has 3 aromatic rings. The highest BCUT2D eigenvalue weighted by molar-refractivity contribution is 9.10. The molecule has 0 bridgehead atoms. The highest BCUT2D eigenvalue weighted by Gasteiger charge is 2.10. The van der Waals surface area contributed by atoms with Crippen LogP contribution in [0.5, 0.6) is 0 Å². The van der Waals surface area contributed by atoms with Gasteiger partial charge in [0.2, 0.25) is 0 Å². The number of halogens is 2. The third-order valence-electron chi connectivity index (χ3n) is 2.96. The fraction of sp³-hybridized carbons (Fsp3) is 0. The lowest BCUT2D eigenvalue weighted by Gasteiger charge is -2.05. The number of imidazole rings is 1. The summed E-state index contributed by atoms with van der Waals surface area (Å²) in [6, 6.07) is 12.1. The first-order chi connectivity index (χ1) is 9.60. The van der Waals surface area contributed by atoms with E-state index < -0.39 is 0 Å². The van der Waals surface area contributed by atoms with Gasteiger partial charge in [0.25, 0.3) is 0 Å². The zero-order chi connectivity index (χ0) is 14.3. The first-order valence-corrected chi connectivity index (χ1v) is 6.90. The summed E-state index contributed by atoms with van der Waals surface area (Å²) in [6.07, 6.45) is 0. The Balaban J connectivity index is 2.36. The Hall–Kier alpha value is -1.97. The van der Waals surface area contributed by atoms with Crippen molar-refractivity contribution in [3.63, 3.8) is 0 Å². The lowest BCUT2D eigenvalue weighted by Crippen LogP contribution is -1.95. The van der Waals surface area contributed by atoms with Crippen LogP contribution in [0.1, 0.15) is 5.56 Å². The van der Waals surface area contributed by atoms with Crippen molar-refractivity contribution in [2.45, 2.75) is 0 Å². The van der Waals surface area contributed by atoms with Gasteiger partial charge in [0.1, 0.15) is 5.82 Å². The average molecular weight is 348 g/mol. The van der Waals surface area contributed by atoms with E-state index in [1.165, 1.54) is 6.07 Å².